The fraction of sp³-hybridized carbons (Fsp3) is 0.171. The highest BCUT2D eigenvalue weighted by molar-refractivity contribution is 6.31. The van der Waals surface area contributed by atoms with Gasteiger partial charge in [-0.1, -0.05) is 54.1 Å². The summed E-state index contributed by atoms with van der Waals surface area (Å²) in [4.78, 5) is 35.3. The van der Waals surface area contributed by atoms with E-state index in [0.29, 0.717) is 32.0 Å². The molecule has 320 valence electrons. The number of carbonyl (C=O) groups excluding carboxylic acids is 3. The van der Waals surface area contributed by atoms with E-state index < -0.39 is 24.2 Å². The summed E-state index contributed by atoms with van der Waals surface area (Å²) >= 11 is 17.3. The third-order valence-corrected chi connectivity index (χ3v) is 8.88. The number of nitrogens with one attached hydrogen (secondary N) is 6. The van der Waals surface area contributed by atoms with Crippen LogP contribution >= 0.6 is 34.8 Å². The molecule has 0 radical (unpaired) electrons. The number of aromatic hydroxyl groups is 3. The van der Waals surface area contributed by atoms with Crippen LogP contribution in [0.5, 0.6) is 23.0 Å². The lowest BCUT2D eigenvalue weighted by molar-refractivity contribution is -0.274. The summed E-state index contributed by atoms with van der Waals surface area (Å²) in [6.07, 6.45) is 0.829. The molecule has 0 atom stereocenters. The molecule has 0 saturated heterocycles. The summed E-state index contributed by atoms with van der Waals surface area (Å²) in [5, 5.41) is 53.9. The van der Waals surface area contributed by atoms with E-state index in [4.69, 9.17) is 40.1 Å². The Labute approximate surface area is 362 Å². The molecule has 14 nitrogen and oxygen atoms in total. The number of anilines is 5. The van der Waals surface area contributed by atoms with Crippen LogP contribution in [0.1, 0.15) is 37.7 Å². The van der Waals surface area contributed by atoms with Crippen molar-refractivity contribution in [2.24, 2.45) is 0 Å². The fourth-order valence-electron chi connectivity index (χ4n) is 5.35. The molecule has 9 N–H and O–H groups in total. The first-order valence-electron chi connectivity index (χ1n) is 18.0. The van der Waals surface area contributed by atoms with Crippen LogP contribution in [0.15, 0.2) is 103 Å². The predicted molar refractivity (Wildman–Crippen MR) is 228 cm³/mol. The van der Waals surface area contributed by atoms with Gasteiger partial charge in [0.05, 0.1) is 28.7 Å². The van der Waals surface area contributed by atoms with E-state index in [9.17, 15) is 42.9 Å². The molecule has 0 unspecified atom stereocenters. The van der Waals surface area contributed by atoms with E-state index in [-0.39, 0.29) is 46.4 Å². The van der Waals surface area contributed by atoms with Crippen molar-refractivity contribution >= 4 is 81.3 Å². The molecule has 20 heteroatoms. The van der Waals surface area contributed by atoms with Gasteiger partial charge in [-0.3, -0.25) is 0 Å². The van der Waals surface area contributed by atoms with Gasteiger partial charge in [0.15, 0.2) is 0 Å². The Hall–Kier alpha value is -6.74. The van der Waals surface area contributed by atoms with Crippen LogP contribution in [0.2, 0.25) is 15.1 Å². The van der Waals surface area contributed by atoms with Crippen molar-refractivity contribution in [3.05, 3.63) is 124 Å². The molecule has 5 aromatic carbocycles. The number of hydrogen-bond acceptors (Lipinski definition) is 8. The lowest BCUT2D eigenvalue weighted by atomic mass is 9.96. The molecule has 1 aliphatic rings. The summed E-state index contributed by atoms with van der Waals surface area (Å²) < 4.78 is 39.8. The highest BCUT2D eigenvalue weighted by atomic mass is 35.5. The number of nitriles is 1. The Bertz CT molecular complexity index is 2330. The summed E-state index contributed by atoms with van der Waals surface area (Å²) in [6, 6.07) is 24.7. The van der Waals surface area contributed by atoms with E-state index >= 15 is 0 Å². The van der Waals surface area contributed by atoms with Crippen molar-refractivity contribution in [3.8, 4) is 29.1 Å². The van der Waals surface area contributed by atoms with Crippen molar-refractivity contribution in [1.29, 1.82) is 5.26 Å². The minimum atomic E-state index is -4.78. The maximum absolute atomic E-state index is 12.0. The second kappa shape index (κ2) is 22.6. The first-order valence-corrected chi connectivity index (χ1v) is 19.1. The smallest absolute Gasteiger partial charge is 0.506 e. The van der Waals surface area contributed by atoms with Crippen molar-refractivity contribution in [1.82, 2.24) is 5.32 Å². The van der Waals surface area contributed by atoms with Gasteiger partial charge in [-0.05, 0) is 116 Å². The Morgan fingerprint density at radius 3 is 1.38 bits per heavy atom. The van der Waals surface area contributed by atoms with Crippen LogP contribution in [0.25, 0.3) is 0 Å². The van der Waals surface area contributed by atoms with Crippen LogP contribution in [-0.4, -0.2) is 45.8 Å². The SMILES string of the molecule is N#Cc1ccc(NC(=O)Nc2cc(Cl)ccc2O)cc1.O=C(Nc1cc(Cl)ccc1O)NC1CCCCC1.O=C(Nc1ccc(OC(F)(F)F)cc1)Nc1cc(Cl)ccc1O. The molecular weight excluding hydrogens is 866 g/mol. The quantitative estimate of drug-likeness (QED) is 0.0714. The topological polar surface area (TPSA) is 217 Å². The van der Waals surface area contributed by atoms with Gasteiger partial charge in [0, 0.05) is 32.5 Å². The second-order valence-electron chi connectivity index (χ2n) is 12.8. The third kappa shape index (κ3) is 16.8. The summed E-state index contributed by atoms with van der Waals surface area (Å²) in [5.41, 5.74) is 1.90. The number of urea groups is 3. The molecule has 0 spiro atoms. The monoisotopic (exact) mass is 901 g/mol. The largest absolute Gasteiger partial charge is 0.573 e. The minimum Gasteiger partial charge on any atom is -0.506 e. The van der Waals surface area contributed by atoms with Gasteiger partial charge in [-0.25, -0.2) is 14.4 Å². The Balaban J connectivity index is 0.000000203. The maximum atomic E-state index is 12.0. The number of halogens is 6. The van der Waals surface area contributed by atoms with Crippen molar-refractivity contribution in [2.45, 2.75) is 44.5 Å². The van der Waals surface area contributed by atoms with E-state index in [0.717, 1.165) is 37.8 Å². The van der Waals surface area contributed by atoms with Crippen molar-refractivity contribution in [2.75, 3.05) is 26.6 Å². The zero-order chi connectivity index (χ0) is 44.5. The Kier molecular flexibility index (Phi) is 17.4. The molecule has 0 aromatic heterocycles. The number of phenols is 3. The van der Waals surface area contributed by atoms with Gasteiger partial charge in [0.2, 0.25) is 0 Å². The molecule has 0 heterocycles. The molecule has 5 aromatic rings. The highest BCUT2D eigenvalue weighted by Crippen LogP contribution is 2.29. The number of rotatable bonds is 7. The zero-order valence-electron chi connectivity index (χ0n) is 31.6. The Morgan fingerprint density at radius 1 is 0.590 bits per heavy atom. The van der Waals surface area contributed by atoms with Gasteiger partial charge in [0.1, 0.15) is 23.0 Å². The van der Waals surface area contributed by atoms with Gasteiger partial charge in [-0.15, -0.1) is 13.2 Å². The summed E-state index contributed by atoms with van der Waals surface area (Å²) in [6.45, 7) is 0. The Morgan fingerprint density at radius 2 is 0.984 bits per heavy atom. The molecule has 1 fully saturated rings. The number of hydrogen-bond donors (Lipinski definition) is 9. The molecule has 61 heavy (non-hydrogen) atoms. The van der Waals surface area contributed by atoms with Gasteiger partial charge in [-0.2, -0.15) is 5.26 Å². The van der Waals surface area contributed by atoms with Crippen LogP contribution in [0, 0.1) is 11.3 Å². The molecule has 1 saturated carbocycles. The number of ether oxygens (including phenoxy) is 1. The summed E-state index contributed by atoms with van der Waals surface area (Å²) in [7, 11) is 0. The molecular formula is C41H37Cl3F3N7O7. The predicted octanol–water partition coefficient (Wildman–Crippen LogP) is 11.6. The number of alkyl halides is 3. The van der Waals surface area contributed by atoms with E-state index in [1.807, 2.05) is 6.07 Å². The van der Waals surface area contributed by atoms with Crippen LogP contribution in [0.4, 0.5) is 56.0 Å². The van der Waals surface area contributed by atoms with Gasteiger partial charge in [0.25, 0.3) is 0 Å². The summed E-state index contributed by atoms with van der Waals surface area (Å²) in [5.74, 6) is -0.656. The normalized spacial score (nSPS) is 12.1. The molecule has 6 amide bonds. The fourth-order valence-corrected chi connectivity index (χ4v) is 5.87. The molecule has 6 rings (SSSR count). The lowest BCUT2D eigenvalue weighted by Crippen LogP contribution is -2.39. The first kappa shape index (κ1) is 46.9. The molecule has 0 bridgehead atoms. The van der Waals surface area contributed by atoms with Crippen LogP contribution in [0.3, 0.4) is 0 Å². The zero-order valence-corrected chi connectivity index (χ0v) is 33.9. The number of nitrogens with zero attached hydrogens (tertiary/aromatic N) is 1. The second-order valence-corrected chi connectivity index (χ2v) is 14.1. The van der Waals surface area contributed by atoms with Crippen LogP contribution in [-0.2, 0) is 0 Å². The average Bonchev–Trinajstić information content (AvgIpc) is 3.20. The van der Waals surface area contributed by atoms with E-state index in [2.05, 4.69) is 36.6 Å². The number of phenolic OH excluding ortho intramolecular Hbond substituents is 3. The number of amides is 6. The maximum Gasteiger partial charge on any atom is 0.573 e. The van der Waals surface area contributed by atoms with Crippen molar-refractivity contribution < 1.29 is 47.6 Å². The molecule has 0 aliphatic heterocycles. The van der Waals surface area contributed by atoms with E-state index in [1.54, 1.807) is 30.3 Å². The third-order valence-electron chi connectivity index (χ3n) is 8.18. The van der Waals surface area contributed by atoms with Gasteiger partial charge < -0.3 is 52.0 Å². The number of benzene rings is 5. The molecule has 1 aliphatic carbocycles. The van der Waals surface area contributed by atoms with E-state index in [1.165, 1.54) is 67.1 Å². The van der Waals surface area contributed by atoms with Crippen molar-refractivity contribution in [3.63, 3.8) is 0 Å². The van der Waals surface area contributed by atoms with Gasteiger partial charge >= 0.3 is 24.5 Å². The van der Waals surface area contributed by atoms with Crippen LogP contribution < -0.4 is 36.6 Å². The lowest BCUT2D eigenvalue weighted by Gasteiger charge is -2.23. The standard InChI is InChI=1S/C14H10ClF3N2O3.C14H10ClN3O2.C13H17ClN2O2/c15-8-1-6-12(21)11(7-8)20-13(22)19-9-2-4-10(5-3-9)23-14(16,17)18;15-10-3-6-13(19)12(7-10)18-14(20)17-11-4-1-9(8-16)2-5-11;14-9-6-7-12(17)11(8-9)16-13(18)15-10-4-2-1-3-5-10/h1-7,21H,(H2,19,20,22);1-7,19H,(H2,17,18,20);6-8,10,17H,1-5H2,(H2,15,16,18). The average molecular weight is 903 g/mol. The first-order chi connectivity index (χ1) is 29.0. The highest BCUT2D eigenvalue weighted by Gasteiger charge is 2.31. The number of carbonyl (C=O) groups is 3. The minimum absolute atomic E-state index is 0.0122.